The molecule has 0 spiro atoms. The van der Waals surface area contributed by atoms with Crippen molar-refractivity contribution >= 4 is 15.9 Å². The van der Waals surface area contributed by atoms with E-state index in [1.54, 1.807) is 0 Å². The van der Waals surface area contributed by atoms with Gasteiger partial charge in [0, 0.05) is 6.04 Å². The fourth-order valence-corrected chi connectivity index (χ4v) is 4.16. The van der Waals surface area contributed by atoms with Crippen molar-refractivity contribution in [3.8, 4) is 0 Å². The molecular formula is C13H18FN3O3S. The molecule has 116 valence electrons. The topological polar surface area (TPSA) is 92.5 Å². The summed E-state index contributed by atoms with van der Waals surface area (Å²) >= 11 is 0. The van der Waals surface area contributed by atoms with E-state index in [4.69, 9.17) is 5.73 Å². The van der Waals surface area contributed by atoms with Crippen LogP contribution >= 0.6 is 0 Å². The lowest BCUT2D eigenvalue weighted by molar-refractivity contribution is -0.118. The first-order valence-corrected chi connectivity index (χ1v) is 8.12. The molecule has 1 saturated heterocycles. The summed E-state index contributed by atoms with van der Waals surface area (Å²) in [5.41, 5.74) is 5.16. The van der Waals surface area contributed by atoms with Crippen molar-refractivity contribution in [2.75, 3.05) is 19.6 Å². The Labute approximate surface area is 123 Å². The van der Waals surface area contributed by atoms with Crippen LogP contribution in [0.3, 0.4) is 0 Å². The van der Waals surface area contributed by atoms with E-state index in [1.807, 2.05) is 0 Å². The highest BCUT2D eigenvalue weighted by Crippen LogP contribution is 2.24. The number of halogens is 1. The van der Waals surface area contributed by atoms with Crippen LogP contribution in [0.1, 0.15) is 12.8 Å². The molecule has 0 saturated carbocycles. The first kappa shape index (κ1) is 15.9. The van der Waals surface area contributed by atoms with Crippen molar-refractivity contribution in [1.29, 1.82) is 0 Å². The van der Waals surface area contributed by atoms with Gasteiger partial charge in [-0.05, 0) is 38.1 Å². The number of nitrogens with zero attached hydrogens (tertiary/aromatic N) is 1. The van der Waals surface area contributed by atoms with E-state index < -0.39 is 33.2 Å². The number of hydrogen-bond donors (Lipinski definition) is 2. The number of nitrogens with two attached hydrogens (primary N) is 1. The Morgan fingerprint density at radius 1 is 1.33 bits per heavy atom. The van der Waals surface area contributed by atoms with Gasteiger partial charge in [-0.3, -0.25) is 4.79 Å². The van der Waals surface area contributed by atoms with Crippen molar-refractivity contribution in [1.82, 2.24) is 9.62 Å². The third-order valence-electron chi connectivity index (χ3n) is 3.45. The minimum atomic E-state index is -4.10. The first-order valence-electron chi connectivity index (χ1n) is 6.68. The number of primary amides is 1. The van der Waals surface area contributed by atoms with E-state index in [1.165, 1.54) is 18.2 Å². The van der Waals surface area contributed by atoms with E-state index in [2.05, 4.69) is 5.32 Å². The first-order chi connectivity index (χ1) is 9.93. The summed E-state index contributed by atoms with van der Waals surface area (Å²) in [5, 5.41) is 3.11. The third-order valence-corrected chi connectivity index (χ3v) is 5.38. The maximum absolute atomic E-state index is 13.8. The molecule has 2 rings (SSSR count). The molecule has 0 radical (unpaired) electrons. The zero-order valence-corrected chi connectivity index (χ0v) is 12.3. The molecule has 1 aliphatic heterocycles. The monoisotopic (exact) mass is 315 g/mol. The second kappa shape index (κ2) is 6.50. The van der Waals surface area contributed by atoms with Crippen molar-refractivity contribution in [2.24, 2.45) is 5.73 Å². The number of carbonyl (C=O) groups excluding carboxylic acids is 1. The van der Waals surface area contributed by atoms with Crippen LogP contribution < -0.4 is 11.1 Å². The summed E-state index contributed by atoms with van der Waals surface area (Å²) < 4.78 is 40.1. The van der Waals surface area contributed by atoms with Gasteiger partial charge in [0.05, 0.1) is 6.54 Å². The van der Waals surface area contributed by atoms with Crippen LogP contribution in [0.2, 0.25) is 0 Å². The Balaban J connectivity index is 2.39. The quantitative estimate of drug-likeness (QED) is 0.803. The minimum Gasteiger partial charge on any atom is -0.369 e. The second-order valence-corrected chi connectivity index (χ2v) is 6.79. The normalized spacial score (nSPS) is 17.0. The zero-order chi connectivity index (χ0) is 15.5. The fourth-order valence-electron chi connectivity index (χ4n) is 2.44. The van der Waals surface area contributed by atoms with Crippen molar-refractivity contribution in [3.63, 3.8) is 0 Å². The van der Waals surface area contributed by atoms with Crippen LogP contribution in [-0.4, -0.2) is 44.3 Å². The molecule has 1 amide bonds. The summed E-state index contributed by atoms with van der Waals surface area (Å²) in [6, 6.07) is 4.78. The number of sulfonamides is 1. The molecule has 0 atom stereocenters. The molecule has 6 nitrogen and oxygen atoms in total. The minimum absolute atomic E-state index is 0.358. The standard InChI is InChI=1S/C13H18FN3O3S/c14-11-3-1-2-4-12(11)21(19,20)17(9-13(15)18)10-5-7-16-8-6-10/h1-4,10,16H,5-9H2,(H2,15,18). The van der Waals surface area contributed by atoms with Crippen molar-refractivity contribution in [3.05, 3.63) is 30.1 Å². The highest BCUT2D eigenvalue weighted by atomic mass is 32.2. The average molecular weight is 315 g/mol. The molecule has 0 bridgehead atoms. The van der Waals surface area contributed by atoms with Crippen LogP contribution in [-0.2, 0) is 14.8 Å². The smallest absolute Gasteiger partial charge is 0.246 e. The highest BCUT2D eigenvalue weighted by Gasteiger charge is 2.34. The van der Waals surface area contributed by atoms with Crippen LogP contribution in [0, 0.1) is 5.82 Å². The number of benzene rings is 1. The Hall–Kier alpha value is -1.51. The van der Waals surface area contributed by atoms with E-state index in [0.717, 1.165) is 10.4 Å². The molecular weight excluding hydrogens is 297 g/mol. The number of piperidine rings is 1. The number of hydrogen-bond acceptors (Lipinski definition) is 4. The molecule has 0 aromatic heterocycles. The lowest BCUT2D eigenvalue weighted by Crippen LogP contribution is -2.49. The van der Waals surface area contributed by atoms with Gasteiger partial charge in [-0.2, -0.15) is 4.31 Å². The molecule has 0 aliphatic carbocycles. The lowest BCUT2D eigenvalue weighted by atomic mass is 10.1. The maximum atomic E-state index is 13.8. The van der Waals surface area contributed by atoms with E-state index in [-0.39, 0.29) is 6.04 Å². The predicted octanol–water partition coefficient (Wildman–Crippen LogP) is 0.0537. The van der Waals surface area contributed by atoms with E-state index in [0.29, 0.717) is 25.9 Å². The van der Waals surface area contributed by atoms with Crippen LogP contribution in [0.15, 0.2) is 29.2 Å². The number of carbonyl (C=O) groups is 1. The number of nitrogens with one attached hydrogen (secondary N) is 1. The second-order valence-electron chi connectivity index (χ2n) is 4.93. The summed E-state index contributed by atoms with van der Waals surface area (Å²) in [7, 11) is -4.10. The third kappa shape index (κ3) is 3.58. The van der Waals surface area contributed by atoms with Gasteiger partial charge in [0.2, 0.25) is 15.9 Å². The predicted molar refractivity (Wildman–Crippen MR) is 75.4 cm³/mol. The SMILES string of the molecule is NC(=O)CN(C1CCNCC1)S(=O)(=O)c1ccccc1F. The van der Waals surface area contributed by atoms with E-state index in [9.17, 15) is 17.6 Å². The maximum Gasteiger partial charge on any atom is 0.246 e. The zero-order valence-electron chi connectivity index (χ0n) is 11.5. The van der Waals surface area contributed by atoms with Crippen molar-refractivity contribution < 1.29 is 17.6 Å². The van der Waals surface area contributed by atoms with Crippen molar-refractivity contribution in [2.45, 2.75) is 23.8 Å². The molecule has 1 fully saturated rings. The van der Waals surface area contributed by atoms with Gasteiger partial charge in [0.25, 0.3) is 0 Å². The lowest BCUT2D eigenvalue weighted by Gasteiger charge is -2.32. The van der Waals surface area contributed by atoms with Crippen LogP contribution in [0.5, 0.6) is 0 Å². The van der Waals surface area contributed by atoms with Gasteiger partial charge < -0.3 is 11.1 Å². The highest BCUT2D eigenvalue weighted by molar-refractivity contribution is 7.89. The van der Waals surface area contributed by atoms with Gasteiger partial charge in [-0.15, -0.1) is 0 Å². The molecule has 1 aromatic rings. The Morgan fingerprint density at radius 3 is 2.52 bits per heavy atom. The van der Waals surface area contributed by atoms with Gasteiger partial charge in [-0.1, -0.05) is 12.1 Å². The van der Waals surface area contributed by atoms with Crippen LogP contribution in [0.25, 0.3) is 0 Å². The van der Waals surface area contributed by atoms with Gasteiger partial charge in [0.15, 0.2) is 0 Å². The molecule has 0 unspecified atom stereocenters. The Kier molecular flexibility index (Phi) is 4.92. The number of rotatable bonds is 5. The summed E-state index contributed by atoms with van der Waals surface area (Å²) in [6.45, 7) is 0.848. The molecule has 1 heterocycles. The Bertz CT molecular complexity index is 615. The summed E-state index contributed by atoms with van der Waals surface area (Å²) in [5.74, 6) is -1.59. The fraction of sp³-hybridized carbons (Fsp3) is 0.462. The number of amides is 1. The van der Waals surface area contributed by atoms with Gasteiger partial charge >= 0.3 is 0 Å². The van der Waals surface area contributed by atoms with Crippen LogP contribution in [0.4, 0.5) is 4.39 Å². The molecule has 1 aliphatic rings. The van der Waals surface area contributed by atoms with E-state index >= 15 is 0 Å². The average Bonchev–Trinajstić information content (AvgIpc) is 2.45. The molecule has 1 aromatic carbocycles. The van der Waals surface area contributed by atoms with Gasteiger partial charge in [-0.25, -0.2) is 12.8 Å². The largest absolute Gasteiger partial charge is 0.369 e. The van der Waals surface area contributed by atoms with Gasteiger partial charge in [0.1, 0.15) is 10.7 Å². The molecule has 8 heteroatoms. The molecule has 3 N–H and O–H groups in total. The molecule has 21 heavy (non-hydrogen) atoms. The summed E-state index contributed by atoms with van der Waals surface area (Å²) in [6.07, 6.45) is 1.11. The summed E-state index contributed by atoms with van der Waals surface area (Å²) in [4.78, 5) is 10.8. The Morgan fingerprint density at radius 2 is 1.95 bits per heavy atom.